The summed E-state index contributed by atoms with van der Waals surface area (Å²) >= 11 is 0. The van der Waals surface area contributed by atoms with E-state index in [0.717, 1.165) is 29.7 Å². The molecule has 3 aromatic rings. The molecular formula is C20H21N5O2. The van der Waals surface area contributed by atoms with Gasteiger partial charge in [-0.05, 0) is 49.6 Å². The second-order valence-corrected chi connectivity index (χ2v) is 6.79. The number of pyridine rings is 1. The summed E-state index contributed by atoms with van der Waals surface area (Å²) in [6.07, 6.45) is 5.08. The molecule has 7 nitrogen and oxygen atoms in total. The van der Waals surface area contributed by atoms with E-state index in [9.17, 15) is 4.79 Å². The van der Waals surface area contributed by atoms with Crippen LogP contribution in [0.15, 0.2) is 48.8 Å². The van der Waals surface area contributed by atoms with Gasteiger partial charge in [0.05, 0.1) is 18.6 Å². The van der Waals surface area contributed by atoms with Crippen LogP contribution in [0.5, 0.6) is 5.75 Å². The van der Waals surface area contributed by atoms with Crippen LogP contribution in [0, 0.1) is 0 Å². The highest BCUT2D eigenvalue weighted by Crippen LogP contribution is 2.49. The van der Waals surface area contributed by atoms with Crippen LogP contribution < -0.4 is 10.1 Å². The molecule has 0 aliphatic heterocycles. The molecule has 1 fully saturated rings. The SMILES string of the molecule is COc1ccc(C2(C(=O)N[C@H](C)c3nc(-c4ccncc4)n[nH]3)CC2)cc1. The van der Waals surface area contributed by atoms with Gasteiger partial charge in [0.1, 0.15) is 11.6 Å². The number of methoxy groups -OCH3 is 1. The number of nitrogens with one attached hydrogen (secondary N) is 2. The number of hydrogen-bond acceptors (Lipinski definition) is 5. The van der Waals surface area contributed by atoms with Crippen LogP contribution >= 0.6 is 0 Å². The van der Waals surface area contributed by atoms with Gasteiger partial charge < -0.3 is 10.1 Å². The number of amides is 1. The summed E-state index contributed by atoms with van der Waals surface area (Å²) < 4.78 is 5.20. The van der Waals surface area contributed by atoms with Crippen molar-refractivity contribution in [3.05, 3.63) is 60.2 Å². The lowest BCUT2D eigenvalue weighted by Gasteiger charge is -2.19. The standard InChI is InChI=1S/C20H21N5O2/c1-13(17-23-18(25-24-17)14-7-11-21-12-8-14)22-19(26)20(9-10-20)15-3-5-16(27-2)6-4-15/h3-8,11-13H,9-10H2,1-2H3,(H,22,26)(H,23,24,25)/t13-/m1/s1. The van der Waals surface area contributed by atoms with E-state index in [4.69, 9.17) is 4.74 Å². The number of hydrogen-bond donors (Lipinski definition) is 2. The predicted octanol–water partition coefficient (Wildman–Crippen LogP) is 2.78. The van der Waals surface area contributed by atoms with Crippen molar-refractivity contribution in [1.82, 2.24) is 25.5 Å². The molecule has 1 atom stereocenters. The molecule has 1 aromatic carbocycles. The van der Waals surface area contributed by atoms with Crippen molar-refractivity contribution in [1.29, 1.82) is 0 Å². The highest BCUT2D eigenvalue weighted by Gasteiger charge is 2.51. The van der Waals surface area contributed by atoms with Gasteiger partial charge in [-0.3, -0.25) is 14.9 Å². The van der Waals surface area contributed by atoms with Crippen LogP contribution in [-0.2, 0) is 10.2 Å². The monoisotopic (exact) mass is 363 g/mol. The third kappa shape index (κ3) is 3.28. The summed E-state index contributed by atoms with van der Waals surface area (Å²) in [4.78, 5) is 21.4. The molecule has 2 aromatic heterocycles. The third-order valence-corrected chi connectivity index (χ3v) is 5.03. The summed E-state index contributed by atoms with van der Waals surface area (Å²) in [6.45, 7) is 1.90. The Labute approximate surface area is 157 Å². The van der Waals surface area contributed by atoms with E-state index >= 15 is 0 Å². The zero-order chi connectivity index (χ0) is 18.9. The van der Waals surface area contributed by atoms with Crippen LogP contribution in [-0.4, -0.2) is 33.2 Å². The van der Waals surface area contributed by atoms with E-state index in [1.807, 2.05) is 43.3 Å². The van der Waals surface area contributed by atoms with E-state index in [1.165, 1.54) is 0 Å². The Morgan fingerprint density at radius 1 is 1.19 bits per heavy atom. The maximum absolute atomic E-state index is 12.9. The van der Waals surface area contributed by atoms with E-state index < -0.39 is 5.41 Å². The summed E-state index contributed by atoms with van der Waals surface area (Å²) in [5, 5.41) is 10.2. The molecule has 2 heterocycles. The minimum absolute atomic E-state index is 0.0158. The minimum atomic E-state index is -0.450. The lowest BCUT2D eigenvalue weighted by molar-refractivity contribution is -0.124. The van der Waals surface area contributed by atoms with Crippen molar-refractivity contribution in [2.24, 2.45) is 0 Å². The Morgan fingerprint density at radius 3 is 2.52 bits per heavy atom. The number of aromatic nitrogens is 4. The molecule has 0 saturated heterocycles. The fraction of sp³-hybridized carbons (Fsp3) is 0.300. The van der Waals surface area contributed by atoms with Crippen LogP contribution in [0.3, 0.4) is 0 Å². The smallest absolute Gasteiger partial charge is 0.231 e. The molecule has 138 valence electrons. The molecule has 1 aliphatic carbocycles. The molecular weight excluding hydrogens is 342 g/mol. The topological polar surface area (TPSA) is 92.8 Å². The third-order valence-electron chi connectivity index (χ3n) is 5.03. The largest absolute Gasteiger partial charge is 0.497 e. The number of ether oxygens (including phenoxy) is 1. The molecule has 0 bridgehead atoms. The average Bonchev–Trinajstić information content (AvgIpc) is 3.38. The van der Waals surface area contributed by atoms with Crippen molar-refractivity contribution in [3.63, 3.8) is 0 Å². The summed E-state index contributed by atoms with van der Waals surface area (Å²) in [5.41, 5.74) is 1.44. The summed E-state index contributed by atoms with van der Waals surface area (Å²) in [7, 11) is 1.63. The second kappa shape index (κ2) is 6.83. The van der Waals surface area contributed by atoms with Gasteiger partial charge in [0, 0.05) is 18.0 Å². The summed E-state index contributed by atoms with van der Waals surface area (Å²) in [5.74, 6) is 2.01. The maximum atomic E-state index is 12.9. The molecule has 0 unspecified atom stereocenters. The van der Waals surface area contributed by atoms with Crippen LogP contribution in [0.2, 0.25) is 0 Å². The van der Waals surface area contributed by atoms with Crippen LogP contribution in [0.25, 0.3) is 11.4 Å². The number of carbonyl (C=O) groups excluding carboxylic acids is 1. The van der Waals surface area contributed by atoms with Gasteiger partial charge in [-0.1, -0.05) is 12.1 Å². The second-order valence-electron chi connectivity index (χ2n) is 6.79. The molecule has 2 N–H and O–H groups in total. The van der Waals surface area contributed by atoms with Gasteiger partial charge in [0.15, 0.2) is 5.82 Å². The molecule has 1 amide bonds. The lowest BCUT2D eigenvalue weighted by Crippen LogP contribution is -2.36. The van der Waals surface area contributed by atoms with E-state index in [1.54, 1.807) is 19.5 Å². The van der Waals surface area contributed by atoms with Gasteiger partial charge in [-0.25, -0.2) is 4.98 Å². The molecule has 0 radical (unpaired) electrons. The first-order valence-corrected chi connectivity index (χ1v) is 8.90. The fourth-order valence-corrected chi connectivity index (χ4v) is 3.18. The first-order chi connectivity index (χ1) is 13.1. The predicted molar refractivity (Wildman–Crippen MR) is 100 cm³/mol. The maximum Gasteiger partial charge on any atom is 0.231 e. The normalized spacial score (nSPS) is 15.8. The summed E-state index contributed by atoms with van der Waals surface area (Å²) in [6, 6.07) is 11.1. The van der Waals surface area contributed by atoms with Crippen molar-refractivity contribution < 1.29 is 9.53 Å². The van der Waals surface area contributed by atoms with Crippen molar-refractivity contribution in [2.75, 3.05) is 7.11 Å². The molecule has 1 saturated carbocycles. The molecule has 7 heteroatoms. The number of nitrogens with zero attached hydrogens (tertiary/aromatic N) is 3. The first kappa shape index (κ1) is 17.2. The highest BCUT2D eigenvalue weighted by atomic mass is 16.5. The Morgan fingerprint density at radius 2 is 1.89 bits per heavy atom. The van der Waals surface area contributed by atoms with Gasteiger partial charge >= 0.3 is 0 Å². The van der Waals surface area contributed by atoms with Gasteiger partial charge in [-0.2, -0.15) is 5.10 Å². The number of benzene rings is 1. The number of rotatable bonds is 6. The van der Waals surface area contributed by atoms with Gasteiger partial charge in [0.2, 0.25) is 5.91 Å². The van der Waals surface area contributed by atoms with Crippen LogP contribution in [0.4, 0.5) is 0 Å². The van der Waals surface area contributed by atoms with Gasteiger partial charge in [-0.15, -0.1) is 0 Å². The van der Waals surface area contributed by atoms with Crippen molar-refractivity contribution in [3.8, 4) is 17.1 Å². The Balaban J connectivity index is 1.47. The van der Waals surface area contributed by atoms with Crippen molar-refractivity contribution in [2.45, 2.75) is 31.2 Å². The lowest BCUT2D eigenvalue weighted by atomic mass is 9.94. The highest BCUT2D eigenvalue weighted by molar-refractivity contribution is 5.91. The van der Waals surface area contributed by atoms with E-state index in [2.05, 4.69) is 25.5 Å². The fourth-order valence-electron chi connectivity index (χ4n) is 3.18. The first-order valence-electron chi connectivity index (χ1n) is 8.90. The molecule has 27 heavy (non-hydrogen) atoms. The molecule has 1 aliphatic rings. The van der Waals surface area contributed by atoms with E-state index in [0.29, 0.717) is 11.6 Å². The average molecular weight is 363 g/mol. The van der Waals surface area contributed by atoms with E-state index in [-0.39, 0.29) is 11.9 Å². The number of aromatic amines is 1. The zero-order valence-corrected chi connectivity index (χ0v) is 15.3. The molecule has 4 rings (SSSR count). The Hall–Kier alpha value is -3.22. The quantitative estimate of drug-likeness (QED) is 0.702. The zero-order valence-electron chi connectivity index (χ0n) is 15.3. The Kier molecular flexibility index (Phi) is 4.35. The molecule has 0 spiro atoms. The minimum Gasteiger partial charge on any atom is -0.497 e. The van der Waals surface area contributed by atoms with Gasteiger partial charge in [0.25, 0.3) is 0 Å². The number of carbonyl (C=O) groups is 1. The van der Waals surface area contributed by atoms with Crippen molar-refractivity contribution >= 4 is 5.91 Å². The number of H-pyrrole nitrogens is 1. The van der Waals surface area contributed by atoms with Crippen LogP contribution in [0.1, 0.15) is 37.2 Å². The Bertz CT molecular complexity index is 933.